The third kappa shape index (κ3) is 3.06. The van der Waals surface area contributed by atoms with Crippen LogP contribution in [0.1, 0.15) is 6.92 Å². The van der Waals surface area contributed by atoms with Gasteiger partial charge in [-0.3, -0.25) is 18.9 Å². The van der Waals surface area contributed by atoms with E-state index in [9.17, 15) is 24.4 Å². The Bertz CT molecular complexity index is 709. The Labute approximate surface area is 123 Å². The molecule has 1 aliphatic heterocycles. The van der Waals surface area contributed by atoms with Crippen molar-refractivity contribution >= 4 is 7.82 Å². The topological polar surface area (TPSA) is 171 Å². The van der Waals surface area contributed by atoms with Crippen LogP contribution in [0.2, 0.25) is 0 Å². The molecular formula is C10H15N2O9P. The van der Waals surface area contributed by atoms with Gasteiger partial charge in [0.05, 0.1) is 6.61 Å². The van der Waals surface area contributed by atoms with E-state index in [1.54, 1.807) is 0 Å². The molecule has 1 saturated heterocycles. The molecule has 0 saturated carbocycles. The standard InChI is InChI=1S/C10H15N2O9P/c1-10(12-3-2-6(14)11-9(12)16)8(15)7(5(4-13)20-10)21-22(17,18)19/h2-3,5,7-8,13,15H,4H2,1H3,(H,11,14,16)(H2,17,18,19)/t5-,7-,8-,10-/m1/s1. The third-order valence-corrected chi connectivity index (χ3v) is 3.88. The number of hydrogen-bond donors (Lipinski definition) is 5. The average Bonchev–Trinajstić information content (AvgIpc) is 2.62. The Morgan fingerprint density at radius 2 is 2.14 bits per heavy atom. The first-order chi connectivity index (χ1) is 10.1. The van der Waals surface area contributed by atoms with Gasteiger partial charge in [-0.25, -0.2) is 9.36 Å². The summed E-state index contributed by atoms with van der Waals surface area (Å²) in [6.45, 7) is 0.540. The zero-order chi connectivity index (χ0) is 16.7. The first-order valence-electron chi connectivity index (χ1n) is 6.11. The van der Waals surface area contributed by atoms with Gasteiger partial charge in [0.25, 0.3) is 5.56 Å². The normalized spacial score (nSPS) is 32.3. The summed E-state index contributed by atoms with van der Waals surface area (Å²) in [5, 5.41) is 19.5. The number of nitrogens with one attached hydrogen (secondary N) is 1. The third-order valence-electron chi connectivity index (χ3n) is 3.36. The SMILES string of the molecule is C[C@@]1(n2ccc(=O)[nH]c2=O)O[C@H](CO)[C@@H](OP(=O)(O)O)[C@H]1O. The van der Waals surface area contributed by atoms with Crippen LogP contribution >= 0.6 is 7.82 Å². The summed E-state index contributed by atoms with van der Waals surface area (Å²) < 4.78 is 21.6. The number of aromatic amines is 1. The quantitative estimate of drug-likeness (QED) is 0.370. The van der Waals surface area contributed by atoms with Crippen LogP contribution < -0.4 is 11.2 Å². The predicted molar refractivity (Wildman–Crippen MR) is 69.9 cm³/mol. The molecule has 0 aromatic carbocycles. The zero-order valence-electron chi connectivity index (χ0n) is 11.3. The summed E-state index contributed by atoms with van der Waals surface area (Å²) in [6, 6.07) is 1.01. The number of phosphoric ester groups is 1. The highest BCUT2D eigenvalue weighted by Crippen LogP contribution is 2.45. The highest BCUT2D eigenvalue weighted by atomic mass is 31.2. The molecule has 0 radical (unpaired) electrons. The van der Waals surface area contributed by atoms with Gasteiger partial charge in [0.15, 0.2) is 5.72 Å². The van der Waals surface area contributed by atoms with Crippen molar-refractivity contribution in [2.24, 2.45) is 0 Å². The van der Waals surface area contributed by atoms with Crippen molar-refractivity contribution in [2.75, 3.05) is 6.61 Å². The predicted octanol–water partition coefficient (Wildman–Crippen LogP) is -2.56. The Balaban J connectivity index is 2.45. The summed E-state index contributed by atoms with van der Waals surface area (Å²) in [7, 11) is -4.97. The highest BCUT2D eigenvalue weighted by molar-refractivity contribution is 7.46. The lowest BCUT2D eigenvalue weighted by molar-refractivity contribution is -0.137. The molecule has 12 heteroatoms. The van der Waals surface area contributed by atoms with Gasteiger partial charge in [0, 0.05) is 12.3 Å². The number of H-pyrrole nitrogens is 1. The second-order valence-corrected chi connectivity index (χ2v) is 6.07. The molecule has 5 N–H and O–H groups in total. The first kappa shape index (κ1) is 17.0. The molecule has 22 heavy (non-hydrogen) atoms. The molecule has 1 aromatic heterocycles. The zero-order valence-corrected chi connectivity index (χ0v) is 12.2. The fourth-order valence-electron chi connectivity index (χ4n) is 2.34. The molecule has 1 fully saturated rings. The van der Waals surface area contributed by atoms with Crippen molar-refractivity contribution in [1.82, 2.24) is 9.55 Å². The first-order valence-corrected chi connectivity index (χ1v) is 7.64. The lowest BCUT2D eigenvalue weighted by Crippen LogP contribution is -2.49. The van der Waals surface area contributed by atoms with E-state index >= 15 is 0 Å². The second-order valence-electron chi connectivity index (χ2n) is 4.88. The Morgan fingerprint density at radius 1 is 1.50 bits per heavy atom. The van der Waals surface area contributed by atoms with Gasteiger partial charge in [-0.1, -0.05) is 0 Å². The minimum absolute atomic E-state index is 0.668. The minimum atomic E-state index is -4.97. The lowest BCUT2D eigenvalue weighted by atomic mass is 10.0. The number of nitrogens with zero attached hydrogens (tertiary/aromatic N) is 1. The van der Waals surface area contributed by atoms with Gasteiger partial charge < -0.3 is 24.7 Å². The molecule has 4 atom stereocenters. The van der Waals surface area contributed by atoms with Gasteiger partial charge in [0.1, 0.15) is 18.3 Å². The maximum Gasteiger partial charge on any atom is 0.470 e. The molecule has 2 rings (SSSR count). The van der Waals surface area contributed by atoms with Gasteiger partial charge >= 0.3 is 13.5 Å². The van der Waals surface area contributed by atoms with Gasteiger partial charge in [0.2, 0.25) is 0 Å². The van der Waals surface area contributed by atoms with Crippen molar-refractivity contribution in [3.05, 3.63) is 33.1 Å². The van der Waals surface area contributed by atoms with Gasteiger partial charge in [-0.15, -0.1) is 0 Å². The number of phosphoric acid groups is 1. The van der Waals surface area contributed by atoms with E-state index in [1.165, 1.54) is 6.92 Å². The van der Waals surface area contributed by atoms with Crippen LogP contribution in [0.3, 0.4) is 0 Å². The van der Waals surface area contributed by atoms with E-state index in [-0.39, 0.29) is 0 Å². The van der Waals surface area contributed by atoms with E-state index in [4.69, 9.17) is 14.5 Å². The summed E-state index contributed by atoms with van der Waals surface area (Å²) in [5.41, 5.74) is -3.37. The van der Waals surface area contributed by atoms with Crippen LogP contribution in [-0.4, -0.2) is 54.5 Å². The van der Waals surface area contributed by atoms with Crippen LogP contribution in [-0.2, 0) is 19.6 Å². The number of rotatable bonds is 4. The van der Waals surface area contributed by atoms with Crippen molar-refractivity contribution in [2.45, 2.75) is 31.0 Å². The molecule has 1 aromatic rings. The fourth-order valence-corrected chi connectivity index (χ4v) is 2.91. The monoisotopic (exact) mass is 338 g/mol. The van der Waals surface area contributed by atoms with E-state index in [0.717, 1.165) is 16.8 Å². The van der Waals surface area contributed by atoms with Crippen molar-refractivity contribution in [1.29, 1.82) is 0 Å². The number of aliphatic hydroxyl groups excluding tert-OH is 2. The second kappa shape index (κ2) is 5.70. The van der Waals surface area contributed by atoms with Crippen molar-refractivity contribution in [3.8, 4) is 0 Å². The molecule has 0 unspecified atom stereocenters. The van der Waals surface area contributed by atoms with E-state index in [2.05, 4.69) is 4.52 Å². The molecule has 124 valence electrons. The number of hydrogen-bond acceptors (Lipinski definition) is 7. The summed E-state index contributed by atoms with van der Waals surface area (Å²) in [4.78, 5) is 42.6. The molecule has 0 spiro atoms. The average molecular weight is 338 g/mol. The van der Waals surface area contributed by atoms with Crippen LogP contribution in [0.25, 0.3) is 0 Å². The van der Waals surface area contributed by atoms with E-state index < -0.39 is 49.7 Å². The molecule has 1 aliphatic rings. The Kier molecular flexibility index (Phi) is 4.42. The summed E-state index contributed by atoms with van der Waals surface area (Å²) >= 11 is 0. The van der Waals surface area contributed by atoms with Crippen molar-refractivity contribution < 1.29 is 33.8 Å². The Morgan fingerprint density at radius 3 is 2.64 bits per heavy atom. The number of aliphatic hydroxyl groups is 2. The Hall–Kier alpha value is -1.33. The molecule has 11 nitrogen and oxygen atoms in total. The van der Waals surface area contributed by atoms with Crippen LogP contribution in [0.5, 0.6) is 0 Å². The number of ether oxygens (including phenoxy) is 1. The summed E-state index contributed by atoms with van der Waals surface area (Å²) in [5.74, 6) is 0. The molecule has 2 heterocycles. The van der Waals surface area contributed by atoms with E-state index in [0.29, 0.717) is 0 Å². The van der Waals surface area contributed by atoms with Crippen molar-refractivity contribution in [3.63, 3.8) is 0 Å². The number of aromatic nitrogens is 2. The largest absolute Gasteiger partial charge is 0.470 e. The molecular weight excluding hydrogens is 323 g/mol. The smallest absolute Gasteiger partial charge is 0.394 e. The fraction of sp³-hybridized carbons (Fsp3) is 0.600. The maximum absolute atomic E-state index is 11.8. The maximum atomic E-state index is 11.8. The lowest BCUT2D eigenvalue weighted by Gasteiger charge is -2.29. The van der Waals surface area contributed by atoms with E-state index in [1.807, 2.05) is 4.98 Å². The summed E-state index contributed by atoms with van der Waals surface area (Å²) in [6.07, 6.45) is -3.50. The van der Waals surface area contributed by atoms with Crippen LogP contribution in [0, 0.1) is 0 Å². The van der Waals surface area contributed by atoms with Crippen LogP contribution in [0.15, 0.2) is 21.9 Å². The van der Waals surface area contributed by atoms with Gasteiger partial charge in [-0.05, 0) is 6.92 Å². The van der Waals surface area contributed by atoms with Crippen LogP contribution in [0.4, 0.5) is 0 Å². The highest BCUT2D eigenvalue weighted by Gasteiger charge is 2.55. The minimum Gasteiger partial charge on any atom is -0.394 e. The molecule has 0 bridgehead atoms. The molecule has 0 aliphatic carbocycles. The van der Waals surface area contributed by atoms with Gasteiger partial charge in [-0.2, -0.15) is 0 Å². The molecule has 0 amide bonds.